The van der Waals surface area contributed by atoms with Crippen molar-refractivity contribution < 1.29 is 4.79 Å². The molecule has 0 aliphatic heterocycles. The van der Waals surface area contributed by atoms with Crippen molar-refractivity contribution in [2.45, 2.75) is 45.1 Å². The maximum absolute atomic E-state index is 11.4. The lowest BCUT2D eigenvalue weighted by Gasteiger charge is -2.08. The van der Waals surface area contributed by atoms with E-state index in [2.05, 4.69) is 37.4 Å². The van der Waals surface area contributed by atoms with E-state index in [0.29, 0.717) is 6.42 Å². The number of hydrogen-bond donors (Lipinski definition) is 1. The predicted octanol–water partition coefficient (Wildman–Crippen LogP) is 3.31. The highest BCUT2D eigenvalue weighted by Gasteiger charge is 2.03. The van der Waals surface area contributed by atoms with Crippen LogP contribution in [0.15, 0.2) is 23.1 Å². The summed E-state index contributed by atoms with van der Waals surface area (Å²) in [6.45, 7) is 8.19. The third kappa shape index (κ3) is 5.26. The normalized spacial score (nSPS) is 10.6. The number of rotatable bonds is 5. The van der Waals surface area contributed by atoms with Crippen LogP contribution in [0.25, 0.3) is 0 Å². The molecule has 1 N–H and O–H groups in total. The summed E-state index contributed by atoms with van der Waals surface area (Å²) in [5, 5.41) is 2.90. The van der Waals surface area contributed by atoms with Gasteiger partial charge in [0.2, 0.25) is 5.91 Å². The van der Waals surface area contributed by atoms with Crippen molar-refractivity contribution in [2.24, 2.45) is 0 Å². The Bertz CT molecular complexity index is 388. The summed E-state index contributed by atoms with van der Waals surface area (Å²) in [7, 11) is 0. The first-order valence-electron chi connectivity index (χ1n) is 5.98. The molecule has 0 bridgehead atoms. The SMILES string of the molecule is Cc1ccc(SCCC(=O)NC(C)C)cc1C. The van der Waals surface area contributed by atoms with E-state index in [0.717, 1.165) is 5.75 Å². The lowest BCUT2D eigenvalue weighted by atomic mass is 10.1. The Hall–Kier alpha value is -0.960. The van der Waals surface area contributed by atoms with Gasteiger partial charge in [0.1, 0.15) is 0 Å². The fraction of sp³-hybridized carbons (Fsp3) is 0.500. The molecule has 17 heavy (non-hydrogen) atoms. The second-order valence-electron chi connectivity index (χ2n) is 4.57. The number of aryl methyl sites for hydroxylation is 2. The van der Waals surface area contributed by atoms with Crippen LogP contribution < -0.4 is 5.32 Å². The smallest absolute Gasteiger partial charge is 0.221 e. The van der Waals surface area contributed by atoms with Gasteiger partial charge in [-0.2, -0.15) is 0 Å². The number of thioether (sulfide) groups is 1. The third-order valence-corrected chi connectivity index (χ3v) is 3.52. The number of amides is 1. The zero-order valence-corrected chi connectivity index (χ0v) is 11.9. The molecule has 1 rings (SSSR count). The van der Waals surface area contributed by atoms with Gasteiger partial charge in [-0.25, -0.2) is 0 Å². The average molecular weight is 251 g/mol. The van der Waals surface area contributed by atoms with E-state index in [9.17, 15) is 4.79 Å². The molecule has 2 nitrogen and oxygen atoms in total. The van der Waals surface area contributed by atoms with Gasteiger partial charge in [-0.1, -0.05) is 6.07 Å². The molecule has 0 aliphatic carbocycles. The van der Waals surface area contributed by atoms with Crippen LogP contribution in [0.4, 0.5) is 0 Å². The predicted molar refractivity (Wildman–Crippen MR) is 74.5 cm³/mol. The van der Waals surface area contributed by atoms with E-state index < -0.39 is 0 Å². The van der Waals surface area contributed by atoms with Crippen molar-refractivity contribution in [2.75, 3.05) is 5.75 Å². The molecule has 0 saturated carbocycles. The van der Waals surface area contributed by atoms with Crippen LogP contribution >= 0.6 is 11.8 Å². The minimum absolute atomic E-state index is 0.135. The number of carbonyl (C=O) groups is 1. The first-order valence-corrected chi connectivity index (χ1v) is 6.97. The lowest BCUT2D eigenvalue weighted by molar-refractivity contribution is -0.121. The molecule has 0 spiro atoms. The molecule has 0 aliphatic rings. The maximum Gasteiger partial charge on any atom is 0.221 e. The number of benzene rings is 1. The molecule has 0 atom stereocenters. The number of nitrogens with one attached hydrogen (secondary N) is 1. The van der Waals surface area contributed by atoms with Crippen LogP contribution in [0.1, 0.15) is 31.4 Å². The zero-order valence-electron chi connectivity index (χ0n) is 11.0. The van der Waals surface area contributed by atoms with Crippen molar-refractivity contribution >= 4 is 17.7 Å². The highest BCUT2D eigenvalue weighted by atomic mass is 32.2. The topological polar surface area (TPSA) is 29.1 Å². The van der Waals surface area contributed by atoms with Gasteiger partial charge in [0.15, 0.2) is 0 Å². The fourth-order valence-electron chi connectivity index (χ4n) is 1.46. The molecular weight excluding hydrogens is 230 g/mol. The van der Waals surface area contributed by atoms with Gasteiger partial charge in [0, 0.05) is 23.1 Å². The van der Waals surface area contributed by atoms with Crippen LogP contribution in [0.5, 0.6) is 0 Å². The lowest BCUT2D eigenvalue weighted by Crippen LogP contribution is -2.30. The van der Waals surface area contributed by atoms with Crippen LogP contribution in [0.2, 0.25) is 0 Å². The molecule has 0 aromatic heterocycles. The number of hydrogen-bond acceptors (Lipinski definition) is 2. The Morgan fingerprint density at radius 2 is 2.00 bits per heavy atom. The van der Waals surface area contributed by atoms with Crippen molar-refractivity contribution in [3.8, 4) is 0 Å². The largest absolute Gasteiger partial charge is 0.354 e. The molecule has 1 amide bonds. The summed E-state index contributed by atoms with van der Waals surface area (Å²) in [4.78, 5) is 12.7. The van der Waals surface area contributed by atoms with E-state index in [1.54, 1.807) is 11.8 Å². The Labute approximate surface area is 108 Å². The molecule has 0 fully saturated rings. The molecule has 0 unspecified atom stereocenters. The van der Waals surface area contributed by atoms with Gasteiger partial charge in [0.05, 0.1) is 0 Å². The minimum Gasteiger partial charge on any atom is -0.354 e. The van der Waals surface area contributed by atoms with E-state index in [-0.39, 0.29) is 11.9 Å². The summed E-state index contributed by atoms with van der Waals surface area (Å²) in [6, 6.07) is 6.66. The third-order valence-electron chi connectivity index (χ3n) is 2.53. The van der Waals surface area contributed by atoms with Crippen LogP contribution in [-0.2, 0) is 4.79 Å². The van der Waals surface area contributed by atoms with Gasteiger partial charge in [-0.3, -0.25) is 4.79 Å². The van der Waals surface area contributed by atoms with Crippen LogP contribution in [0, 0.1) is 13.8 Å². The Balaban J connectivity index is 2.36. The van der Waals surface area contributed by atoms with Crippen molar-refractivity contribution in [3.05, 3.63) is 29.3 Å². The van der Waals surface area contributed by atoms with Gasteiger partial charge in [-0.05, 0) is 51.0 Å². The zero-order chi connectivity index (χ0) is 12.8. The van der Waals surface area contributed by atoms with Gasteiger partial charge in [0.25, 0.3) is 0 Å². The standard InChI is InChI=1S/C14H21NOS/c1-10(2)15-14(16)7-8-17-13-6-5-11(3)12(4)9-13/h5-6,9-10H,7-8H2,1-4H3,(H,15,16). The highest BCUT2D eigenvalue weighted by Crippen LogP contribution is 2.21. The summed E-state index contributed by atoms with van der Waals surface area (Å²) in [6.07, 6.45) is 0.579. The van der Waals surface area contributed by atoms with E-state index in [1.807, 2.05) is 13.8 Å². The second kappa shape index (κ2) is 6.70. The Morgan fingerprint density at radius 3 is 2.59 bits per heavy atom. The first kappa shape index (κ1) is 14.1. The quantitative estimate of drug-likeness (QED) is 0.813. The fourth-order valence-corrected chi connectivity index (χ4v) is 2.41. The van der Waals surface area contributed by atoms with E-state index >= 15 is 0 Å². The monoisotopic (exact) mass is 251 g/mol. The van der Waals surface area contributed by atoms with Crippen LogP contribution in [0.3, 0.4) is 0 Å². The maximum atomic E-state index is 11.4. The van der Waals surface area contributed by atoms with E-state index in [4.69, 9.17) is 0 Å². The van der Waals surface area contributed by atoms with Crippen molar-refractivity contribution in [1.29, 1.82) is 0 Å². The summed E-state index contributed by atoms with van der Waals surface area (Å²) < 4.78 is 0. The van der Waals surface area contributed by atoms with Gasteiger partial charge < -0.3 is 5.32 Å². The average Bonchev–Trinajstić information content (AvgIpc) is 2.22. The first-order chi connectivity index (χ1) is 7.99. The molecule has 1 aromatic carbocycles. The molecule has 0 saturated heterocycles. The van der Waals surface area contributed by atoms with Crippen LogP contribution in [-0.4, -0.2) is 17.7 Å². The second-order valence-corrected chi connectivity index (χ2v) is 5.74. The molecule has 0 heterocycles. The molecule has 0 radical (unpaired) electrons. The van der Waals surface area contributed by atoms with E-state index in [1.165, 1.54) is 16.0 Å². The molecular formula is C14H21NOS. The summed E-state index contributed by atoms with van der Waals surface area (Å²) in [5.74, 6) is 0.970. The highest BCUT2D eigenvalue weighted by molar-refractivity contribution is 7.99. The molecule has 94 valence electrons. The van der Waals surface area contributed by atoms with Gasteiger partial charge >= 0.3 is 0 Å². The minimum atomic E-state index is 0.135. The summed E-state index contributed by atoms with van der Waals surface area (Å²) in [5.41, 5.74) is 2.62. The Morgan fingerprint density at radius 1 is 1.29 bits per heavy atom. The number of carbonyl (C=O) groups excluding carboxylic acids is 1. The molecule has 3 heteroatoms. The van der Waals surface area contributed by atoms with Gasteiger partial charge in [-0.15, -0.1) is 11.8 Å². The van der Waals surface area contributed by atoms with Crippen molar-refractivity contribution in [3.63, 3.8) is 0 Å². The van der Waals surface area contributed by atoms with Crippen molar-refractivity contribution in [1.82, 2.24) is 5.32 Å². The Kier molecular flexibility index (Phi) is 5.56. The summed E-state index contributed by atoms with van der Waals surface area (Å²) >= 11 is 1.74. The molecule has 1 aromatic rings.